The fraction of sp³-hybridized carbons (Fsp3) is 0.842. The highest BCUT2D eigenvalue weighted by Gasteiger charge is 2.42. The lowest BCUT2D eigenvalue weighted by atomic mass is 9.75. The number of hydrogen-bond donors (Lipinski definition) is 0. The first-order chi connectivity index (χ1) is 11.7. The summed E-state index contributed by atoms with van der Waals surface area (Å²) in [5, 5.41) is 0. The molecule has 0 aliphatic carbocycles. The molecule has 0 saturated carbocycles. The summed E-state index contributed by atoms with van der Waals surface area (Å²) in [7, 11) is 1.94. The average Bonchev–Trinajstić information content (AvgIpc) is 2.99. The summed E-state index contributed by atoms with van der Waals surface area (Å²) >= 11 is 0. The number of likely N-dealkylation sites (tertiary alicyclic amines) is 2. The van der Waals surface area contributed by atoms with E-state index in [4.69, 9.17) is 9.47 Å². The molecule has 3 fully saturated rings. The predicted octanol–water partition coefficient (Wildman–Crippen LogP) is 1.64. The minimum atomic E-state index is 0.172. The Labute approximate surface area is 146 Å². The Morgan fingerprint density at radius 1 is 1.33 bits per heavy atom. The van der Waals surface area contributed by atoms with Crippen LogP contribution in [0.5, 0.6) is 0 Å². The molecule has 1 amide bonds. The quantitative estimate of drug-likeness (QED) is 0.546. The minimum absolute atomic E-state index is 0.172. The van der Waals surface area contributed by atoms with Gasteiger partial charge in [0.25, 0.3) is 0 Å². The van der Waals surface area contributed by atoms with Gasteiger partial charge in [-0.15, -0.1) is 6.58 Å². The third kappa shape index (κ3) is 4.19. The number of carbonyl (C=O) groups is 1. The van der Waals surface area contributed by atoms with Crippen molar-refractivity contribution in [3.05, 3.63) is 12.7 Å². The van der Waals surface area contributed by atoms with E-state index in [2.05, 4.69) is 11.5 Å². The third-order valence-electron chi connectivity index (χ3n) is 5.97. The summed E-state index contributed by atoms with van der Waals surface area (Å²) in [6.45, 7) is 11.0. The first kappa shape index (κ1) is 17.9. The van der Waals surface area contributed by atoms with E-state index >= 15 is 0 Å². The van der Waals surface area contributed by atoms with Crippen molar-refractivity contribution in [2.45, 2.75) is 19.3 Å². The Balaban J connectivity index is 1.61. The van der Waals surface area contributed by atoms with Gasteiger partial charge in [0.15, 0.2) is 0 Å². The normalized spacial score (nSPS) is 34.9. The zero-order valence-electron chi connectivity index (χ0n) is 15.0. The highest BCUT2D eigenvalue weighted by Crippen LogP contribution is 2.36. The Bertz CT molecular complexity index is 436. The lowest BCUT2D eigenvalue weighted by molar-refractivity contribution is -0.144. The fourth-order valence-electron chi connectivity index (χ4n) is 4.67. The van der Waals surface area contributed by atoms with E-state index < -0.39 is 0 Å². The Hall–Kier alpha value is -0.910. The molecule has 5 heteroatoms. The second-order valence-corrected chi connectivity index (χ2v) is 7.68. The molecule has 24 heavy (non-hydrogen) atoms. The Morgan fingerprint density at radius 3 is 2.92 bits per heavy atom. The third-order valence-corrected chi connectivity index (χ3v) is 5.97. The van der Waals surface area contributed by atoms with Crippen LogP contribution in [0.15, 0.2) is 12.7 Å². The van der Waals surface area contributed by atoms with Gasteiger partial charge in [0.1, 0.15) is 0 Å². The molecule has 0 spiro atoms. The molecule has 0 unspecified atom stereocenters. The Kier molecular flexibility index (Phi) is 6.31. The highest BCUT2D eigenvalue weighted by atomic mass is 16.5. The molecule has 3 rings (SSSR count). The van der Waals surface area contributed by atoms with Crippen molar-refractivity contribution < 1.29 is 14.3 Å². The molecular weight excluding hydrogens is 304 g/mol. The van der Waals surface area contributed by atoms with Gasteiger partial charge in [0.2, 0.25) is 5.91 Å². The number of nitrogens with zero attached hydrogens (tertiary/aromatic N) is 2. The first-order valence-corrected chi connectivity index (χ1v) is 9.42. The van der Waals surface area contributed by atoms with E-state index in [1.165, 1.54) is 6.42 Å². The number of ether oxygens (including phenoxy) is 2. The molecule has 0 aromatic carbocycles. The molecule has 3 aliphatic heterocycles. The molecule has 136 valence electrons. The maximum Gasteiger partial charge on any atom is 0.225 e. The van der Waals surface area contributed by atoms with Crippen LogP contribution in [0.1, 0.15) is 19.3 Å². The molecule has 0 aromatic heterocycles. The number of amides is 1. The molecular formula is C19H32N2O3. The monoisotopic (exact) mass is 336 g/mol. The van der Waals surface area contributed by atoms with Gasteiger partial charge in [-0.1, -0.05) is 6.08 Å². The van der Waals surface area contributed by atoms with E-state index in [0.29, 0.717) is 30.3 Å². The SMILES string of the molecule is C=CCOC[C@@H]1CN(C)C(=O)[C@@H]2CCN(C[C@@H]3CCOC3)CC[C@H]12. The van der Waals surface area contributed by atoms with Crippen molar-refractivity contribution in [2.24, 2.45) is 23.7 Å². The van der Waals surface area contributed by atoms with E-state index in [1.54, 1.807) is 6.08 Å². The molecule has 5 nitrogen and oxygen atoms in total. The number of carbonyl (C=O) groups excluding carboxylic acids is 1. The molecule has 3 aliphatic rings. The number of hydrogen-bond acceptors (Lipinski definition) is 4. The maximum atomic E-state index is 12.7. The summed E-state index contributed by atoms with van der Waals surface area (Å²) in [5.41, 5.74) is 0. The molecule has 3 saturated heterocycles. The van der Waals surface area contributed by atoms with Gasteiger partial charge >= 0.3 is 0 Å². The van der Waals surface area contributed by atoms with Crippen molar-refractivity contribution in [3.8, 4) is 0 Å². The second-order valence-electron chi connectivity index (χ2n) is 7.68. The lowest BCUT2D eigenvalue weighted by Crippen LogP contribution is -2.50. The van der Waals surface area contributed by atoms with Gasteiger partial charge in [-0.3, -0.25) is 4.79 Å². The zero-order valence-corrected chi connectivity index (χ0v) is 15.0. The van der Waals surface area contributed by atoms with E-state index in [0.717, 1.165) is 58.8 Å². The minimum Gasteiger partial charge on any atom is -0.381 e. The summed E-state index contributed by atoms with van der Waals surface area (Å²) in [6.07, 6.45) is 5.08. The van der Waals surface area contributed by atoms with Crippen LogP contribution in [-0.2, 0) is 14.3 Å². The van der Waals surface area contributed by atoms with Crippen LogP contribution in [0.4, 0.5) is 0 Å². The van der Waals surface area contributed by atoms with Crippen LogP contribution in [0.25, 0.3) is 0 Å². The van der Waals surface area contributed by atoms with Crippen molar-refractivity contribution in [2.75, 3.05) is 59.7 Å². The Morgan fingerprint density at radius 2 is 2.17 bits per heavy atom. The predicted molar refractivity (Wildman–Crippen MR) is 93.7 cm³/mol. The number of rotatable bonds is 6. The van der Waals surface area contributed by atoms with Crippen LogP contribution in [-0.4, -0.2) is 75.4 Å². The largest absolute Gasteiger partial charge is 0.381 e. The van der Waals surface area contributed by atoms with Crippen molar-refractivity contribution in [1.29, 1.82) is 0 Å². The van der Waals surface area contributed by atoms with Crippen LogP contribution in [0, 0.1) is 23.7 Å². The van der Waals surface area contributed by atoms with Gasteiger partial charge in [-0.25, -0.2) is 0 Å². The van der Waals surface area contributed by atoms with Gasteiger partial charge in [-0.05, 0) is 44.2 Å². The van der Waals surface area contributed by atoms with Gasteiger partial charge < -0.3 is 19.3 Å². The fourth-order valence-corrected chi connectivity index (χ4v) is 4.67. The maximum absolute atomic E-state index is 12.7. The second kappa shape index (κ2) is 8.45. The molecule has 0 radical (unpaired) electrons. The first-order valence-electron chi connectivity index (χ1n) is 9.42. The smallest absolute Gasteiger partial charge is 0.225 e. The van der Waals surface area contributed by atoms with Gasteiger partial charge in [-0.2, -0.15) is 0 Å². The van der Waals surface area contributed by atoms with Crippen molar-refractivity contribution >= 4 is 5.91 Å². The summed E-state index contributed by atoms with van der Waals surface area (Å²) in [5.74, 6) is 2.10. The van der Waals surface area contributed by atoms with Crippen LogP contribution < -0.4 is 0 Å². The molecule has 3 heterocycles. The van der Waals surface area contributed by atoms with Crippen LogP contribution in [0.2, 0.25) is 0 Å². The molecule has 4 atom stereocenters. The summed E-state index contributed by atoms with van der Waals surface area (Å²) < 4.78 is 11.3. The molecule has 0 N–H and O–H groups in total. The average molecular weight is 336 g/mol. The number of fused-ring (bicyclic) bond motifs is 1. The topological polar surface area (TPSA) is 42.0 Å². The highest BCUT2D eigenvalue weighted by molar-refractivity contribution is 5.79. The van der Waals surface area contributed by atoms with E-state index in [9.17, 15) is 4.79 Å². The summed E-state index contributed by atoms with van der Waals surface area (Å²) in [4.78, 5) is 17.2. The van der Waals surface area contributed by atoms with Gasteiger partial charge in [0.05, 0.1) is 19.8 Å². The molecule has 0 aromatic rings. The standard InChI is InChI=1S/C19H32N2O3/c1-3-9-23-14-16-12-20(2)19(22)18-5-8-21(7-4-17(16)18)11-15-6-10-24-13-15/h3,15-18H,1,4-14H2,2H3/t15-,16-,17+,18+/m0/s1. The van der Waals surface area contributed by atoms with E-state index in [1.807, 2.05) is 11.9 Å². The van der Waals surface area contributed by atoms with Crippen molar-refractivity contribution in [1.82, 2.24) is 9.80 Å². The van der Waals surface area contributed by atoms with Crippen LogP contribution in [0.3, 0.4) is 0 Å². The number of piperidine rings is 1. The van der Waals surface area contributed by atoms with E-state index in [-0.39, 0.29) is 5.92 Å². The zero-order chi connectivity index (χ0) is 16.9. The molecule has 0 bridgehead atoms. The lowest BCUT2D eigenvalue weighted by Gasteiger charge is -2.41. The summed E-state index contributed by atoms with van der Waals surface area (Å²) in [6, 6.07) is 0. The van der Waals surface area contributed by atoms with Gasteiger partial charge in [0, 0.05) is 38.6 Å². The van der Waals surface area contributed by atoms with Crippen LogP contribution >= 0.6 is 0 Å². The van der Waals surface area contributed by atoms with Crippen molar-refractivity contribution in [3.63, 3.8) is 0 Å².